The van der Waals surface area contributed by atoms with Crippen molar-refractivity contribution in [2.75, 3.05) is 6.54 Å². The highest BCUT2D eigenvalue weighted by atomic mass is 16.2. The average molecular weight is 275 g/mol. The van der Waals surface area contributed by atoms with E-state index in [4.69, 9.17) is 11.5 Å². The van der Waals surface area contributed by atoms with Crippen LogP contribution in [-0.2, 0) is 16.1 Å². The van der Waals surface area contributed by atoms with Crippen LogP contribution in [0.15, 0.2) is 30.3 Å². The third-order valence-electron chi connectivity index (χ3n) is 3.70. The molecule has 0 spiro atoms. The fourth-order valence-electron chi connectivity index (χ4n) is 2.70. The van der Waals surface area contributed by atoms with Crippen LogP contribution in [0.3, 0.4) is 0 Å². The molecule has 1 fully saturated rings. The van der Waals surface area contributed by atoms with Crippen molar-refractivity contribution in [1.82, 2.24) is 4.90 Å². The minimum atomic E-state index is -0.489. The molecule has 0 aromatic heterocycles. The molecule has 2 amide bonds. The SMILES string of the molecule is NC(=O)CN(Cc1ccccc1)C(=O)C1CCC(N)C1. The van der Waals surface area contributed by atoms with Gasteiger partial charge in [0.2, 0.25) is 11.8 Å². The molecule has 1 aliphatic rings. The Bertz CT molecular complexity index is 475. The molecule has 4 N–H and O–H groups in total. The van der Waals surface area contributed by atoms with Crippen LogP contribution in [0.2, 0.25) is 0 Å². The second kappa shape index (κ2) is 6.52. The highest BCUT2D eigenvalue weighted by Gasteiger charge is 2.31. The van der Waals surface area contributed by atoms with Crippen molar-refractivity contribution in [1.29, 1.82) is 0 Å². The molecule has 108 valence electrons. The van der Waals surface area contributed by atoms with Gasteiger partial charge in [-0.25, -0.2) is 0 Å². The summed E-state index contributed by atoms with van der Waals surface area (Å²) >= 11 is 0. The Kier molecular flexibility index (Phi) is 4.74. The lowest BCUT2D eigenvalue weighted by Gasteiger charge is -2.24. The number of amides is 2. The van der Waals surface area contributed by atoms with Crippen LogP contribution >= 0.6 is 0 Å². The maximum absolute atomic E-state index is 12.5. The van der Waals surface area contributed by atoms with Crippen LogP contribution in [-0.4, -0.2) is 29.3 Å². The first-order chi connectivity index (χ1) is 9.56. The molecule has 5 nitrogen and oxygen atoms in total. The highest BCUT2D eigenvalue weighted by Crippen LogP contribution is 2.26. The lowest BCUT2D eigenvalue weighted by molar-refractivity contribution is -0.139. The first kappa shape index (κ1) is 14.5. The van der Waals surface area contributed by atoms with Gasteiger partial charge in [-0.2, -0.15) is 0 Å². The standard InChI is InChI=1S/C15H21N3O2/c16-13-7-6-12(8-13)15(20)18(10-14(17)19)9-11-4-2-1-3-5-11/h1-5,12-13H,6-10,16H2,(H2,17,19). The second-order valence-corrected chi connectivity index (χ2v) is 5.42. The van der Waals surface area contributed by atoms with E-state index in [9.17, 15) is 9.59 Å². The number of carbonyl (C=O) groups is 2. The minimum Gasteiger partial charge on any atom is -0.368 e. The fourth-order valence-corrected chi connectivity index (χ4v) is 2.70. The van der Waals surface area contributed by atoms with Crippen LogP contribution in [0.5, 0.6) is 0 Å². The first-order valence-electron chi connectivity index (χ1n) is 6.93. The van der Waals surface area contributed by atoms with E-state index in [0.29, 0.717) is 13.0 Å². The van der Waals surface area contributed by atoms with Gasteiger partial charge in [0.15, 0.2) is 0 Å². The van der Waals surface area contributed by atoms with Gasteiger partial charge in [0.25, 0.3) is 0 Å². The number of benzene rings is 1. The van der Waals surface area contributed by atoms with Crippen molar-refractivity contribution in [2.24, 2.45) is 17.4 Å². The van der Waals surface area contributed by atoms with Gasteiger partial charge in [0.1, 0.15) is 0 Å². The number of nitrogens with two attached hydrogens (primary N) is 2. The number of nitrogens with zero attached hydrogens (tertiary/aromatic N) is 1. The van der Waals surface area contributed by atoms with Gasteiger partial charge in [0, 0.05) is 18.5 Å². The molecule has 2 unspecified atom stereocenters. The van der Waals surface area contributed by atoms with E-state index < -0.39 is 5.91 Å². The van der Waals surface area contributed by atoms with Crippen molar-refractivity contribution >= 4 is 11.8 Å². The molecule has 2 atom stereocenters. The monoisotopic (exact) mass is 275 g/mol. The molecule has 0 heterocycles. The predicted octanol–water partition coefficient (Wildman–Crippen LogP) is 0.628. The molecule has 1 saturated carbocycles. The van der Waals surface area contributed by atoms with E-state index in [1.165, 1.54) is 0 Å². The molecule has 0 radical (unpaired) electrons. The zero-order valence-corrected chi connectivity index (χ0v) is 11.5. The molecule has 20 heavy (non-hydrogen) atoms. The average Bonchev–Trinajstić information content (AvgIpc) is 2.84. The van der Waals surface area contributed by atoms with Crippen molar-refractivity contribution in [3.8, 4) is 0 Å². The number of carbonyl (C=O) groups excluding carboxylic acids is 2. The molecule has 0 aliphatic heterocycles. The smallest absolute Gasteiger partial charge is 0.237 e. The lowest BCUT2D eigenvalue weighted by atomic mass is 10.1. The number of rotatable bonds is 5. The van der Waals surface area contributed by atoms with Crippen LogP contribution in [0.25, 0.3) is 0 Å². The lowest BCUT2D eigenvalue weighted by Crippen LogP contribution is -2.41. The van der Waals surface area contributed by atoms with Crippen molar-refractivity contribution in [2.45, 2.75) is 31.8 Å². The van der Waals surface area contributed by atoms with Gasteiger partial charge < -0.3 is 16.4 Å². The van der Waals surface area contributed by atoms with Crippen LogP contribution in [0, 0.1) is 5.92 Å². The second-order valence-electron chi connectivity index (χ2n) is 5.42. The summed E-state index contributed by atoms with van der Waals surface area (Å²) in [5.74, 6) is -0.578. The minimum absolute atomic E-state index is 0.0133. The Hall–Kier alpha value is -1.88. The van der Waals surface area contributed by atoms with E-state index in [1.54, 1.807) is 4.90 Å². The summed E-state index contributed by atoms with van der Waals surface area (Å²) in [6, 6.07) is 9.70. The third kappa shape index (κ3) is 3.81. The largest absolute Gasteiger partial charge is 0.368 e. The zero-order valence-electron chi connectivity index (χ0n) is 11.5. The van der Waals surface area contributed by atoms with Gasteiger partial charge in [-0.3, -0.25) is 9.59 Å². The maximum atomic E-state index is 12.5. The molecule has 1 aromatic rings. The van der Waals surface area contributed by atoms with Crippen LogP contribution in [0.1, 0.15) is 24.8 Å². The van der Waals surface area contributed by atoms with Crippen molar-refractivity contribution in [3.05, 3.63) is 35.9 Å². The van der Waals surface area contributed by atoms with E-state index in [2.05, 4.69) is 0 Å². The molecular formula is C15H21N3O2. The Morgan fingerprint density at radius 1 is 1.20 bits per heavy atom. The topological polar surface area (TPSA) is 89.4 Å². The summed E-state index contributed by atoms with van der Waals surface area (Å²) < 4.78 is 0. The fraction of sp³-hybridized carbons (Fsp3) is 0.467. The van der Waals surface area contributed by atoms with E-state index >= 15 is 0 Å². The summed E-state index contributed by atoms with van der Waals surface area (Å²) in [4.78, 5) is 25.2. The zero-order chi connectivity index (χ0) is 14.5. The van der Waals surface area contributed by atoms with Crippen molar-refractivity contribution < 1.29 is 9.59 Å². The van der Waals surface area contributed by atoms with Gasteiger partial charge in [-0.1, -0.05) is 30.3 Å². The Balaban J connectivity index is 2.06. The van der Waals surface area contributed by atoms with E-state index in [-0.39, 0.29) is 24.4 Å². The summed E-state index contributed by atoms with van der Waals surface area (Å²) in [6.07, 6.45) is 2.36. The molecule has 1 aromatic carbocycles. The first-order valence-corrected chi connectivity index (χ1v) is 6.93. The van der Waals surface area contributed by atoms with E-state index in [1.807, 2.05) is 30.3 Å². The van der Waals surface area contributed by atoms with Crippen LogP contribution in [0.4, 0.5) is 0 Å². The van der Waals surface area contributed by atoms with Gasteiger partial charge in [0.05, 0.1) is 6.54 Å². The summed E-state index contributed by atoms with van der Waals surface area (Å²) in [5, 5.41) is 0. The Morgan fingerprint density at radius 3 is 2.45 bits per heavy atom. The van der Waals surface area contributed by atoms with Crippen molar-refractivity contribution in [3.63, 3.8) is 0 Å². The van der Waals surface area contributed by atoms with E-state index in [0.717, 1.165) is 18.4 Å². The molecule has 5 heteroatoms. The van der Waals surface area contributed by atoms with Gasteiger partial charge >= 0.3 is 0 Å². The number of hydrogen-bond donors (Lipinski definition) is 2. The molecule has 1 aliphatic carbocycles. The summed E-state index contributed by atoms with van der Waals surface area (Å²) in [7, 11) is 0. The summed E-state index contributed by atoms with van der Waals surface area (Å²) in [5.41, 5.74) is 12.1. The number of primary amides is 1. The molecule has 0 saturated heterocycles. The highest BCUT2D eigenvalue weighted by molar-refractivity contribution is 5.85. The molecule has 0 bridgehead atoms. The molecule has 2 rings (SSSR count). The maximum Gasteiger partial charge on any atom is 0.237 e. The van der Waals surface area contributed by atoms with Crippen LogP contribution < -0.4 is 11.5 Å². The predicted molar refractivity (Wildman–Crippen MR) is 76.4 cm³/mol. The van der Waals surface area contributed by atoms with Gasteiger partial charge in [-0.05, 0) is 24.8 Å². The summed E-state index contributed by atoms with van der Waals surface area (Å²) in [6.45, 7) is 0.369. The van der Waals surface area contributed by atoms with Gasteiger partial charge in [-0.15, -0.1) is 0 Å². The normalized spacial score (nSPS) is 21.6. The number of hydrogen-bond acceptors (Lipinski definition) is 3. The Morgan fingerprint density at radius 2 is 1.90 bits per heavy atom. The molecular weight excluding hydrogens is 254 g/mol. The Labute approximate surface area is 118 Å². The quantitative estimate of drug-likeness (QED) is 0.826. The third-order valence-corrected chi connectivity index (χ3v) is 3.70.